The summed E-state index contributed by atoms with van der Waals surface area (Å²) in [6, 6.07) is 20.7. The molecular formula is C33H32N10O2. The van der Waals surface area contributed by atoms with Crippen molar-refractivity contribution in [1.29, 1.82) is 5.26 Å². The summed E-state index contributed by atoms with van der Waals surface area (Å²) in [6.45, 7) is 0.403. The van der Waals surface area contributed by atoms with Gasteiger partial charge < -0.3 is 15.2 Å². The number of carbonyl (C=O) groups excluding carboxylic acids is 1. The van der Waals surface area contributed by atoms with Crippen LogP contribution in [0.3, 0.4) is 0 Å². The summed E-state index contributed by atoms with van der Waals surface area (Å²) >= 11 is 0. The van der Waals surface area contributed by atoms with Crippen molar-refractivity contribution in [3.05, 3.63) is 107 Å². The minimum absolute atomic E-state index is 0.0575. The van der Waals surface area contributed by atoms with E-state index in [4.69, 9.17) is 0 Å². The molecule has 0 radical (unpaired) electrons. The number of nitrogens with one attached hydrogen (secondary N) is 3. The van der Waals surface area contributed by atoms with Gasteiger partial charge in [0.15, 0.2) is 0 Å². The van der Waals surface area contributed by atoms with E-state index >= 15 is 0 Å². The number of aromatic nitrogens is 6. The minimum Gasteiger partial charge on any atom is -0.351 e. The second kappa shape index (κ2) is 13.2. The number of anilines is 2. The van der Waals surface area contributed by atoms with Crippen LogP contribution in [0.5, 0.6) is 0 Å². The smallest absolute Gasteiger partial charge is 0.322 e. The first kappa shape index (κ1) is 29.3. The number of amides is 2. The highest BCUT2D eigenvalue weighted by molar-refractivity contribution is 5.92. The van der Waals surface area contributed by atoms with E-state index in [0.29, 0.717) is 40.8 Å². The minimum atomic E-state index is -0.196. The second-order valence-corrected chi connectivity index (χ2v) is 11.0. The molecule has 4 aromatic heterocycles. The van der Waals surface area contributed by atoms with Crippen molar-refractivity contribution in [2.24, 2.45) is 7.05 Å². The zero-order valence-electron chi connectivity index (χ0n) is 24.7. The van der Waals surface area contributed by atoms with Gasteiger partial charge in [-0.1, -0.05) is 30.3 Å². The molecule has 5 aromatic rings. The van der Waals surface area contributed by atoms with Gasteiger partial charge in [0.05, 0.1) is 35.0 Å². The average molecular weight is 601 g/mol. The largest absolute Gasteiger partial charge is 0.351 e. The van der Waals surface area contributed by atoms with Gasteiger partial charge in [-0.25, -0.2) is 14.8 Å². The Morgan fingerprint density at radius 2 is 1.89 bits per heavy atom. The zero-order valence-corrected chi connectivity index (χ0v) is 24.7. The summed E-state index contributed by atoms with van der Waals surface area (Å²) < 4.78 is 1.51. The molecule has 1 aliphatic carbocycles. The van der Waals surface area contributed by atoms with E-state index in [2.05, 4.69) is 41.9 Å². The van der Waals surface area contributed by atoms with E-state index in [0.717, 1.165) is 36.8 Å². The van der Waals surface area contributed by atoms with Gasteiger partial charge >= 0.3 is 6.03 Å². The van der Waals surface area contributed by atoms with Crippen molar-refractivity contribution >= 4 is 17.7 Å². The van der Waals surface area contributed by atoms with Gasteiger partial charge in [-0.15, -0.1) is 0 Å². The maximum atomic E-state index is 13.7. The molecule has 6 rings (SSSR count). The molecular weight excluding hydrogens is 568 g/mol. The van der Waals surface area contributed by atoms with Crippen LogP contribution in [0.25, 0.3) is 22.6 Å². The predicted octanol–water partition coefficient (Wildman–Crippen LogP) is 4.64. The van der Waals surface area contributed by atoms with Crippen molar-refractivity contribution in [3.63, 3.8) is 0 Å². The summed E-state index contributed by atoms with van der Waals surface area (Å²) in [5.74, 6) is 0.440. The fourth-order valence-electron chi connectivity index (χ4n) is 5.55. The Morgan fingerprint density at radius 1 is 1.07 bits per heavy atom. The molecule has 0 bridgehead atoms. The Kier molecular flexibility index (Phi) is 8.59. The van der Waals surface area contributed by atoms with E-state index in [1.54, 1.807) is 42.7 Å². The fourth-order valence-corrected chi connectivity index (χ4v) is 5.55. The third kappa shape index (κ3) is 6.73. The number of rotatable bonds is 8. The maximum absolute atomic E-state index is 13.7. The highest BCUT2D eigenvalue weighted by atomic mass is 16.2. The molecule has 226 valence electrons. The number of hydrogen-bond acceptors (Lipinski definition) is 8. The lowest BCUT2D eigenvalue weighted by atomic mass is 9.90. The Labute approximate surface area is 259 Å². The average Bonchev–Trinajstić information content (AvgIpc) is 3.62. The first-order valence-corrected chi connectivity index (χ1v) is 14.8. The molecule has 1 aliphatic rings. The van der Waals surface area contributed by atoms with Crippen LogP contribution in [0.4, 0.5) is 16.4 Å². The van der Waals surface area contributed by atoms with Crippen molar-refractivity contribution in [3.8, 4) is 28.7 Å². The van der Waals surface area contributed by atoms with E-state index in [1.807, 2.05) is 48.5 Å². The van der Waals surface area contributed by atoms with E-state index in [-0.39, 0.29) is 23.7 Å². The number of aromatic amines is 1. The van der Waals surface area contributed by atoms with Crippen molar-refractivity contribution in [1.82, 2.24) is 35.0 Å². The predicted molar refractivity (Wildman–Crippen MR) is 170 cm³/mol. The number of aryl methyl sites for hydroxylation is 1. The van der Waals surface area contributed by atoms with Gasteiger partial charge in [0, 0.05) is 49.7 Å². The van der Waals surface area contributed by atoms with E-state index < -0.39 is 0 Å². The number of nitrogens with zero attached hydrogens (tertiary/aromatic N) is 7. The van der Waals surface area contributed by atoms with Gasteiger partial charge in [-0.05, 0) is 55.5 Å². The maximum Gasteiger partial charge on any atom is 0.322 e. The highest BCUT2D eigenvalue weighted by Gasteiger charge is 2.31. The number of urea groups is 1. The molecule has 1 aromatic carbocycles. The van der Waals surface area contributed by atoms with Gasteiger partial charge in [-0.3, -0.25) is 19.8 Å². The van der Waals surface area contributed by atoms with Crippen molar-refractivity contribution in [2.45, 2.75) is 44.3 Å². The van der Waals surface area contributed by atoms with Crippen LogP contribution in [0.1, 0.15) is 36.8 Å². The molecule has 12 heteroatoms. The zero-order chi connectivity index (χ0) is 31.2. The molecule has 3 N–H and O–H groups in total. The Bertz CT molecular complexity index is 1860. The van der Waals surface area contributed by atoms with Crippen LogP contribution in [0, 0.1) is 11.3 Å². The summed E-state index contributed by atoms with van der Waals surface area (Å²) in [6.07, 6.45) is 9.60. The lowest BCUT2D eigenvalue weighted by Crippen LogP contribution is -2.48. The van der Waals surface area contributed by atoms with Gasteiger partial charge in [-0.2, -0.15) is 10.4 Å². The van der Waals surface area contributed by atoms with Gasteiger partial charge in [0.1, 0.15) is 11.8 Å². The Balaban J connectivity index is 1.18. The summed E-state index contributed by atoms with van der Waals surface area (Å²) in [4.78, 5) is 41.2. The molecule has 0 saturated heterocycles. The molecule has 4 heterocycles. The molecule has 12 nitrogen and oxygen atoms in total. The second-order valence-electron chi connectivity index (χ2n) is 11.0. The standard InChI is InChI=1S/C33H32N10O2/c1-42-16-14-23(17-30(42)44)28-12-11-27(21-35-28)43(33(45)37-19-22-5-3-2-4-6-22)26-9-7-25(8-10-26)39-32-36-20-24(18-34)31(40-32)29-13-15-38-41-29/h2-6,11-17,20-21,25-26H,7-10,19H2,1H3,(H,37,45)(H,38,41)(H,36,39,40). The number of pyridine rings is 2. The molecule has 1 fully saturated rings. The fraction of sp³-hybridized carbons (Fsp3) is 0.242. The third-order valence-corrected chi connectivity index (χ3v) is 7.99. The SMILES string of the molecule is Cn1ccc(-c2ccc(N(C(=O)NCc3ccccc3)C3CCC(Nc4ncc(C#N)c(-c5ccn[nH]5)n4)CC3)cn2)cc1=O. The van der Waals surface area contributed by atoms with E-state index in [9.17, 15) is 14.9 Å². The summed E-state index contributed by atoms with van der Waals surface area (Å²) in [5, 5.41) is 22.8. The summed E-state index contributed by atoms with van der Waals surface area (Å²) in [5.41, 5.74) is 4.46. The van der Waals surface area contributed by atoms with Crippen LogP contribution in [-0.4, -0.2) is 47.8 Å². The van der Waals surface area contributed by atoms with Crippen LogP contribution in [-0.2, 0) is 13.6 Å². The van der Waals surface area contributed by atoms with E-state index in [1.165, 1.54) is 10.8 Å². The van der Waals surface area contributed by atoms with Gasteiger partial charge in [0.25, 0.3) is 5.56 Å². The van der Waals surface area contributed by atoms with Crippen LogP contribution in [0.15, 0.2) is 90.2 Å². The van der Waals surface area contributed by atoms with Crippen LogP contribution < -0.4 is 21.1 Å². The normalized spacial score (nSPS) is 16.0. The van der Waals surface area contributed by atoms with Crippen molar-refractivity contribution < 1.29 is 4.79 Å². The number of nitriles is 1. The number of carbonyl (C=O) groups is 1. The van der Waals surface area contributed by atoms with Crippen LogP contribution >= 0.6 is 0 Å². The number of hydrogen-bond donors (Lipinski definition) is 3. The van der Waals surface area contributed by atoms with Gasteiger partial charge in [0.2, 0.25) is 5.95 Å². The number of H-pyrrole nitrogens is 1. The molecule has 0 aliphatic heterocycles. The molecule has 0 spiro atoms. The first-order chi connectivity index (χ1) is 22.0. The molecule has 0 unspecified atom stereocenters. The number of benzene rings is 1. The van der Waals surface area contributed by atoms with Crippen LogP contribution in [0.2, 0.25) is 0 Å². The lowest BCUT2D eigenvalue weighted by molar-refractivity contribution is 0.240. The Hall–Kier alpha value is -5.83. The lowest BCUT2D eigenvalue weighted by Gasteiger charge is -2.37. The summed E-state index contributed by atoms with van der Waals surface area (Å²) in [7, 11) is 1.70. The molecule has 2 amide bonds. The first-order valence-electron chi connectivity index (χ1n) is 14.8. The molecule has 1 saturated carbocycles. The molecule has 45 heavy (non-hydrogen) atoms. The monoisotopic (exact) mass is 600 g/mol. The quantitative estimate of drug-likeness (QED) is 0.232. The highest BCUT2D eigenvalue weighted by Crippen LogP contribution is 2.30. The molecule has 0 atom stereocenters. The topological polar surface area (TPSA) is 158 Å². The Morgan fingerprint density at radius 3 is 2.58 bits per heavy atom. The van der Waals surface area contributed by atoms with Crippen molar-refractivity contribution in [2.75, 3.05) is 10.2 Å². The third-order valence-electron chi connectivity index (χ3n) is 7.99.